The van der Waals surface area contributed by atoms with Gasteiger partial charge >= 0.3 is 0 Å². The maximum absolute atomic E-state index is 12.4. The highest BCUT2D eigenvalue weighted by Gasteiger charge is 2.47. The second kappa shape index (κ2) is 4.21. The van der Waals surface area contributed by atoms with Gasteiger partial charge in [0.05, 0.1) is 11.1 Å². The summed E-state index contributed by atoms with van der Waals surface area (Å²) in [7, 11) is 1.75. The lowest BCUT2D eigenvalue weighted by molar-refractivity contribution is -0.127. The van der Waals surface area contributed by atoms with E-state index in [1.165, 1.54) is 0 Å². The number of benzene rings is 1. The van der Waals surface area contributed by atoms with Crippen LogP contribution in [0.1, 0.15) is 24.2 Å². The van der Waals surface area contributed by atoms with Crippen molar-refractivity contribution in [3.63, 3.8) is 0 Å². The number of nitrogens with one attached hydrogen (secondary N) is 1. The van der Waals surface area contributed by atoms with Gasteiger partial charge in [0.2, 0.25) is 0 Å². The predicted octanol–water partition coefficient (Wildman–Crippen LogP) is 2.87. The van der Waals surface area contributed by atoms with Crippen molar-refractivity contribution in [2.24, 2.45) is 0 Å². The third-order valence-corrected chi connectivity index (χ3v) is 5.40. The molecule has 2 aromatic rings. The van der Waals surface area contributed by atoms with E-state index in [0.717, 1.165) is 27.2 Å². The maximum atomic E-state index is 12.4. The van der Waals surface area contributed by atoms with Crippen molar-refractivity contribution in [3.8, 4) is 0 Å². The fourth-order valence-corrected chi connectivity index (χ4v) is 4.22. The SMILES string of the molecule is C[C@H]1c2[nH]c3cccc(Cl)c3c2C[C@@H]2C(=O)N(C)C(=S)N21. The van der Waals surface area contributed by atoms with Crippen LogP contribution in [0, 0.1) is 0 Å². The minimum atomic E-state index is -0.208. The van der Waals surface area contributed by atoms with Gasteiger partial charge in [0, 0.05) is 30.1 Å². The Morgan fingerprint density at radius 1 is 1.43 bits per heavy atom. The van der Waals surface area contributed by atoms with Crippen molar-refractivity contribution in [2.75, 3.05) is 7.05 Å². The summed E-state index contributed by atoms with van der Waals surface area (Å²) in [5, 5.41) is 2.37. The number of aromatic nitrogens is 1. The standard InChI is InChI=1S/C15H14ClN3OS/c1-7-13-8(12-9(16)4-3-5-10(12)17-13)6-11-14(20)18(2)15(21)19(7)11/h3-5,7,11,17H,6H2,1-2H3/t7-,11+/m0/s1. The van der Waals surface area contributed by atoms with Crippen LogP contribution in [-0.4, -0.2) is 38.9 Å². The lowest BCUT2D eigenvalue weighted by Crippen LogP contribution is -2.42. The summed E-state index contributed by atoms with van der Waals surface area (Å²) in [6, 6.07) is 5.68. The molecule has 4 nitrogen and oxygen atoms in total. The highest BCUT2D eigenvalue weighted by atomic mass is 35.5. The van der Waals surface area contributed by atoms with Gasteiger partial charge in [-0.1, -0.05) is 17.7 Å². The summed E-state index contributed by atoms with van der Waals surface area (Å²) >= 11 is 11.8. The quantitative estimate of drug-likeness (QED) is 0.759. The monoisotopic (exact) mass is 319 g/mol. The first-order chi connectivity index (χ1) is 10.0. The van der Waals surface area contributed by atoms with Crippen LogP contribution in [0.5, 0.6) is 0 Å². The Morgan fingerprint density at radius 3 is 2.95 bits per heavy atom. The zero-order valence-corrected chi connectivity index (χ0v) is 13.3. The third-order valence-electron chi connectivity index (χ3n) is 4.60. The molecule has 0 saturated carbocycles. The van der Waals surface area contributed by atoms with E-state index in [2.05, 4.69) is 11.9 Å². The van der Waals surface area contributed by atoms with Gasteiger partial charge in [-0.15, -0.1) is 0 Å². The minimum absolute atomic E-state index is 0.0450. The number of hydrogen-bond acceptors (Lipinski definition) is 2. The molecule has 0 bridgehead atoms. The first kappa shape index (κ1) is 13.1. The number of amides is 1. The molecule has 1 aromatic heterocycles. The Balaban J connectivity index is 1.95. The molecule has 2 atom stereocenters. The molecule has 0 unspecified atom stereocenters. The van der Waals surface area contributed by atoms with Crippen molar-refractivity contribution >= 4 is 45.7 Å². The predicted molar refractivity (Wildman–Crippen MR) is 86.4 cm³/mol. The molecule has 1 aromatic carbocycles. The summed E-state index contributed by atoms with van der Waals surface area (Å²) in [6.45, 7) is 2.08. The van der Waals surface area contributed by atoms with Crippen LogP contribution in [0.4, 0.5) is 0 Å². The van der Waals surface area contributed by atoms with Crippen molar-refractivity contribution in [2.45, 2.75) is 25.4 Å². The number of hydrogen-bond donors (Lipinski definition) is 1. The van der Waals surface area contributed by atoms with E-state index in [4.69, 9.17) is 23.8 Å². The Bertz CT molecular complexity index is 800. The summed E-state index contributed by atoms with van der Waals surface area (Å²) in [5.41, 5.74) is 3.28. The van der Waals surface area contributed by atoms with Gasteiger partial charge in [0.25, 0.3) is 5.91 Å². The van der Waals surface area contributed by atoms with Gasteiger partial charge in [-0.3, -0.25) is 9.69 Å². The van der Waals surface area contributed by atoms with E-state index in [1.807, 2.05) is 23.1 Å². The number of fused-ring (bicyclic) bond motifs is 4. The van der Waals surface area contributed by atoms with Crippen LogP contribution >= 0.6 is 23.8 Å². The average molecular weight is 320 g/mol. The largest absolute Gasteiger partial charge is 0.356 e. The summed E-state index contributed by atoms with van der Waals surface area (Å²) in [6.07, 6.45) is 0.646. The molecule has 21 heavy (non-hydrogen) atoms. The zero-order chi connectivity index (χ0) is 14.9. The molecule has 6 heteroatoms. The Morgan fingerprint density at radius 2 is 2.19 bits per heavy atom. The number of halogens is 1. The number of rotatable bonds is 0. The number of carbonyl (C=O) groups is 1. The van der Waals surface area contributed by atoms with Crippen molar-refractivity contribution in [1.29, 1.82) is 0 Å². The Hall–Kier alpha value is -1.59. The zero-order valence-electron chi connectivity index (χ0n) is 11.7. The van der Waals surface area contributed by atoms with Gasteiger partial charge in [-0.05, 0) is 36.8 Å². The van der Waals surface area contributed by atoms with Crippen LogP contribution in [0.15, 0.2) is 18.2 Å². The summed E-state index contributed by atoms with van der Waals surface area (Å²) in [4.78, 5) is 19.5. The molecule has 2 aliphatic rings. The van der Waals surface area contributed by atoms with Gasteiger partial charge in [0.15, 0.2) is 5.11 Å². The van der Waals surface area contributed by atoms with Crippen LogP contribution in [0.3, 0.4) is 0 Å². The highest BCUT2D eigenvalue weighted by molar-refractivity contribution is 7.80. The fraction of sp³-hybridized carbons (Fsp3) is 0.333. The molecule has 0 aliphatic carbocycles. The van der Waals surface area contributed by atoms with Gasteiger partial charge in [0.1, 0.15) is 6.04 Å². The molecule has 2 aliphatic heterocycles. The van der Waals surface area contributed by atoms with E-state index in [0.29, 0.717) is 11.5 Å². The van der Waals surface area contributed by atoms with E-state index in [1.54, 1.807) is 11.9 Å². The lowest BCUT2D eigenvalue weighted by atomic mass is 9.93. The van der Waals surface area contributed by atoms with Crippen LogP contribution in [0.25, 0.3) is 10.9 Å². The van der Waals surface area contributed by atoms with Crippen molar-refractivity contribution in [3.05, 3.63) is 34.5 Å². The number of carbonyl (C=O) groups excluding carboxylic acids is 1. The first-order valence-electron chi connectivity index (χ1n) is 6.89. The van der Waals surface area contributed by atoms with Gasteiger partial charge in [-0.2, -0.15) is 0 Å². The normalized spacial score (nSPS) is 24.7. The number of thiocarbonyl (C=S) groups is 1. The van der Waals surface area contributed by atoms with E-state index < -0.39 is 0 Å². The molecular formula is C15H14ClN3OS. The Labute approximate surface area is 132 Å². The molecule has 3 heterocycles. The molecule has 1 saturated heterocycles. The number of nitrogens with zero attached hydrogens (tertiary/aromatic N) is 2. The topological polar surface area (TPSA) is 39.3 Å². The summed E-state index contributed by atoms with van der Waals surface area (Å²) in [5.74, 6) is 0.0684. The number of aromatic amines is 1. The second-order valence-electron chi connectivity index (χ2n) is 5.66. The molecule has 108 valence electrons. The molecule has 1 N–H and O–H groups in total. The van der Waals surface area contributed by atoms with E-state index >= 15 is 0 Å². The van der Waals surface area contributed by atoms with E-state index in [9.17, 15) is 4.79 Å². The molecule has 1 amide bonds. The van der Waals surface area contributed by atoms with Gasteiger partial charge < -0.3 is 9.88 Å². The maximum Gasteiger partial charge on any atom is 0.251 e. The first-order valence-corrected chi connectivity index (χ1v) is 7.68. The second-order valence-corrected chi connectivity index (χ2v) is 6.43. The van der Waals surface area contributed by atoms with Crippen LogP contribution in [0.2, 0.25) is 5.02 Å². The molecule has 0 radical (unpaired) electrons. The third kappa shape index (κ3) is 1.56. The van der Waals surface area contributed by atoms with Crippen molar-refractivity contribution in [1.82, 2.24) is 14.8 Å². The highest BCUT2D eigenvalue weighted by Crippen LogP contribution is 2.42. The van der Waals surface area contributed by atoms with Gasteiger partial charge in [-0.25, -0.2) is 0 Å². The number of H-pyrrole nitrogens is 1. The van der Waals surface area contributed by atoms with Crippen molar-refractivity contribution < 1.29 is 4.79 Å². The van der Waals surface area contributed by atoms with Crippen LogP contribution in [-0.2, 0) is 11.2 Å². The summed E-state index contributed by atoms with van der Waals surface area (Å²) < 4.78 is 0. The van der Waals surface area contributed by atoms with E-state index in [-0.39, 0.29) is 18.0 Å². The molecular weight excluding hydrogens is 306 g/mol. The average Bonchev–Trinajstić information content (AvgIpc) is 2.93. The Kier molecular flexibility index (Phi) is 2.63. The fourth-order valence-electron chi connectivity index (χ4n) is 3.56. The molecule has 0 spiro atoms. The molecule has 1 fully saturated rings. The number of likely N-dealkylation sites (N-methyl/N-ethyl adjacent to an activating group) is 1. The smallest absolute Gasteiger partial charge is 0.251 e. The van der Waals surface area contributed by atoms with Crippen LogP contribution < -0.4 is 0 Å². The lowest BCUT2D eigenvalue weighted by Gasteiger charge is -2.34. The minimum Gasteiger partial charge on any atom is -0.356 e. The molecule has 4 rings (SSSR count).